The molecule has 2 aromatic carbocycles. The second-order valence-electron chi connectivity index (χ2n) is 6.84. The molecular formula is C21H21ClN2O2. The molecule has 2 aliphatic heterocycles. The topological polar surface area (TPSA) is 32.8 Å². The van der Waals surface area contributed by atoms with Crippen molar-refractivity contribution in [1.82, 2.24) is 9.96 Å². The number of hydrogen-bond acceptors (Lipinski definition) is 3. The third-order valence-corrected chi connectivity index (χ3v) is 5.15. The van der Waals surface area contributed by atoms with Gasteiger partial charge >= 0.3 is 0 Å². The minimum atomic E-state index is -0.180. The van der Waals surface area contributed by atoms with E-state index in [4.69, 9.17) is 16.4 Å². The normalized spacial score (nSPS) is 24.5. The number of carbonyl (C=O) groups excluding carboxylic acids is 1. The Labute approximate surface area is 158 Å². The van der Waals surface area contributed by atoms with E-state index in [9.17, 15) is 4.79 Å². The molecule has 4 rings (SSSR count). The van der Waals surface area contributed by atoms with Crippen LogP contribution in [0.4, 0.5) is 0 Å². The number of nitrogens with zero attached hydrogens (tertiary/aromatic N) is 2. The van der Waals surface area contributed by atoms with E-state index in [0.29, 0.717) is 13.1 Å². The lowest BCUT2D eigenvalue weighted by atomic mass is 9.96. The summed E-state index contributed by atoms with van der Waals surface area (Å²) in [5.41, 5.74) is 3.33. The van der Waals surface area contributed by atoms with E-state index in [1.807, 2.05) is 61.5 Å². The third-order valence-electron chi connectivity index (χ3n) is 4.89. The second-order valence-corrected chi connectivity index (χ2v) is 7.28. The van der Waals surface area contributed by atoms with Crippen LogP contribution in [0.25, 0.3) is 0 Å². The predicted octanol–water partition coefficient (Wildman–Crippen LogP) is 3.90. The van der Waals surface area contributed by atoms with Crippen LogP contribution in [0.1, 0.15) is 22.7 Å². The fourth-order valence-electron chi connectivity index (χ4n) is 3.51. The summed E-state index contributed by atoms with van der Waals surface area (Å²) in [5, 5.41) is 2.22. The van der Waals surface area contributed by atoms with Crippen molar-refractivity contribution in [3.8, 4) is 0 Å². The van der Waals surface area contributed by atoms with Crippen LogP contribution in [0.3, 0.4) is 0 Å². The number of carbonyl (C=O) groups is 1. The van der Waals surface area contributed by atoms with E-state index in [1.54, 1.807) is 0 Å². The zero-order chi connectivity index (χ0) is 18.1. The molecule has 3 atom stereocenters. The Kier molecular flexibility index (Phi) is 4.81. The van der Waals surface area contributed by atoms with Crippen molar-refractivity contribution in [1.29, 1.82) is 0 Å². The molecule has 0 spiro atoms. The first-order valence-corrected chi connectivity index (χ1v) is 9.17. The highest BCUT2D eigenvalue weighted by Gasteiger charge is 2.39. The lowest BCUT2D eigenvalue weighted by Gasteiger charge is -2.46. The standard InChI is InChI=1S/C21H21ClN2O2/c1-15-4-6-16(7-5-15)13-20(25)24-14-23-12-2-3-19(26-24)21(23)17-8-10-18(22)11-9-17/h2-11,19,21H,12-14H2,1H3. The van der Waals surface area contributed by atoms with Crippen LogP contribution < -0.4 is 0 Å². The van der Waals surface area contributed by atoms with Crippen LogP contribution >= 0.6 is 11.6 Å². The molecule has 1 amide bonds. The van der Waals surface area contributed by atoms with Crippen molar-refractivity contribution in [2.24, 2.45) is 0 Å². The zero-order valence-corrected chi connectivity index (χ0v) is 15.4. The van der Waals surface area contributed by atoms with E-state index >= 15 is 0 Å². The highest BCUT2D eigenvalue weighted by Crippen LogP contribution is 2.35. The highest BCUT2D eigenvalue weighted by molar-refractivity contribution is 6.30. The van der Waals surface area contributed by atoms with Crippen LogP contribution in [0, 0.1) is 6.92 Å². The molecule has 2 aliphatic rings. The number of halogens is 1. The summed E-state index contributed by atoms with van der Waals surface area (Å²) in [6.07, 6.45) is 4.30. The second kappa shape index (κ2) is 7.23. The first-order valence-electron chi connectivity index (χ1n) is 8.79. The smallest absolute Gasteiger partial charge is 0.251 e. The Morgan fingerprint density at radius 1 is 1.15 bits per heavy atom. The Morgan fingerprint density at radius 3 is 2.58 bits per heavy atom. The van der Waals surface area contributed by atoms with Gasteiger partial charge in [0.2, 0.25) is 0 Å². The van der Waals surface area contributed by atoms with Gasteiger partial charge in [-0.3, -0.25) is 14.5 Å². The molecule has 1 saturated heterocycles. The molecule has 1 fully saturated rings. The molecular weight excluding hydrogens is 348 g/mol. The summed E-state index contributed by atoms with van der Waals surface area (Å²) in [7, 11) is 0. The average molecular weight is 369 g/mol. The van der Waals surface area contributed by atoms with Crippen LogP contribution in [0.15, 0.2) is 60.7 Å². The minimum Gasteiger partial charge on any atom is -0.272 e. The molecule has 2 aromatic rings. The number of benzene rings is 2. The molecule has 5 heteroatoms. The monoisotopic (exact) mass is 368 g/mol. The number of amides is 1. The van der Waals surface area contributed by atoms with Gasteiger partial charge in [0.25, 0.3) is 5.91 Å². The zero-order valence-electron chi connectivity index (χ0n) is 14.6. The van der Waals surface area contributed by atoms with Gasteiger partial charge in [0.05, 0.1) is 12.5 Å². The predicted molar refractivity (Wildman–Crippen MR) is 102 cm³/mol. The van der Waals surface area contributed by atoms with Gasteiger partial charge in [-0.15, -0.1) is 0 Å². The van der Waals surface area contributed by atoms with Gasteiger partial charge in [-0.25, -0.2) is 5.06 Å². The molecule has 2 bridgehead atoms. The van der Waals surface area contributed by atoms with Crippen LogP contribution in [-0.4, -0.2) is 35.2 Å². The van der Waals surface area contributed by atoms with Crippen LogP contribution in [0.2, 0.25) is 5.02 Å². The van der Waals surface area contributed by atoms with Gasteiger partial charge in [-0.2, -0.15) is 0 Å². The van der Waals surface area contributed by atoms with Gasteiger partial charge in [-0.05, 0) is 30.2 Å². The quantitative estimate of drug-likeness (QED) is 0.770. The molecule has 134 valence electrons. The molecule has 0 aromatic heterocycles. The molecule has 2 heterocycles. The van der Waals surface area contributed by atoms with Crippen molar-refractivity contribution < 1.29 is 9.63 Å². The number of hydroxylamine groups is 2. The summed E-state index contributed by atoms with van der Waals surface area (Å²) >= 11 is 6.01. The average Bonchev–Trinajstić information content (AvgIpc) is 2.63. The lowest BCUT2D eigenvalue weighted by Crippen LogP contribution is -2.55. The van der Waals surface area contributed by atoms with Crippen molar-refractivity contribution in [2.75, 3.05) is 13.2 Å². The number of fused-ring (bicyclic) bond motifs is 2. The van der Waals surface area contributed by atoms with Gasteiger partial charge < -0.3 is 0 Å². The van der Waals surface area contributed by atoms with Gasteiger partial charge in [0.15, 0.2) is 0 Å². The molecule has 0 saturated carbocycles. The maximum atomic E-state index is 12.7. The minimum absolute atomic E-state index is 0.0197. The summed E-state index contributed by atoms with van der Waals surface area (Å²) < 4.78 is 0. The number of rotatable bonds is 3. The van der Waals surface area contributed by atoms with E-state index < -0.39 is 0 Å². The fraction of sp³-hybridized carbons (Fsp3) is 0.286. The first kappa shape index (κ1) is 17.3. The first-order chi connectivity index (χ1) is 12.6. The Bertz CT molecular complexity index is 817. The molecule has 3 unspecified atom stereocenters. The van der Waals surface area contributed by atoms with E-state index in [2.05, 4.69) is 11.0 Å². The van der Waals surface area contributed by atoms with Crippen LogP contribution in [-0.2, 0) is 16.1 Å². The molecule has 0 aliphatic carbocycles. The lowest BCUT2D eigenvalue weighted by molar-refractivity contribution is -0.254. The largest absolute Gasteiger partial charge is 0.272 e. The summed E-state index contributed by atoms with van der Waals surface area (Å²) in [5.74, 6) is -0.0197. The summed E-state index contributed by atoms with van der Waals surface area (Å²) in [4.78, 5) is 21.0. The van der Waals surface area contributed by atoms with Gasteiger partial charge in [0, 0.05) is 11.6 Å². The summed E-state index contributed by atoms with van der Waals surface area (Å²) in [6.45, 7) is 3.29. The van der Waals surface area contributed by atoms with E-state index in [-0.39, 0.29) is 18.1 Å². The Balaban J connectivity index is 1.49. The van der Waals surface area contributed by atoms with Crippen molar-refractivity contribution in [2.45, 2.75) is 25.5 Å². The Morgan fingerprint density at radius 2 is 1.88 bits per heavy atom. The van der Waals surface area contributed by atoms with Crippen molar-refractivity contribution in [3.05, 3.63) is 82.4 Å². The molecule has 4 nitrogen and oxygen atoms in total. The molecule has 0 N–H and O–H groups in total. The summed E-state index contributed by atoms with van der Waals surface area (Å²) in [6, 6.07) is 16.0. The van der Waals surface area contributed by atoms with Crippen molar-refractivity contribution in [3.63, 3.8) is 0 Å². The van der Waals surface area contributed by atoms with E-state index in [0.717, 1.165) is 22.7 Å². The molecule has 26 heavy (non-hydrogen) atoms. The van der Waals surface area contributed by atoms with E-state index in [1.165, 1.54) is 10.6 Å². The maximum absolute atomic E-state index is 12.7. The van der Waals surface area contributed by atoms with Crippen LogP contribution in [0.5, 0.6) is 0 Å². The van der Waals surface area contributed by atoms with Crippen molar-refractivity contribution >= 4 is 17.5 Å². The maximum Gasteiger partial charge on any atom is 0.251 e. The number of aryl methyl sites for hydroxylation is 1. The fourth-order valence-corrected chi connectivity index (χ4v) is 3.63. The molecule has 0 radical (unpaired) electrons. The Hall–Kier alpha value is -2.14. The third kappa shape index (κ3) is 3.54. The number of hydrogen-bond donors (Lipinski definition) is 0. The van der Waals surface area contributed by atoms with Gasteiger partial charge in [-0.1, -0.05) is 65.7 Å². The highest BCUT2D eigenvalue weighted by atomic mass is 35.5. The van der Waals surface area contributed by atoms with Gasteiger partial charge in [0.1, 0.15) is 12.8 Å². The SMILES string of the molecule is Cc1ccc(CC(=O)N2CN3CC=CC(O2)C3c2ccc(Cl)cc2)cc1.